The van der Waals surface area contributed by atoms with Gasteiger partial charge in [0.1, 0.15) is 17.5 Å². The fourth-order valence-electron chi connectivity index (χ4n) is 3.76. The van der Waals surface area contributed by atoms with Crippen molar-refractivity contribution >= 4 is 22.5 Å². The van der Waals surface area contributed by atoms with Gasteiger partial charge in [-0.2, -0.15) is 10.2 Å². The van der Waals surface area contributed by atoms with Crippen LogP contribution in [0.3, 0.4) is 0 Å². The molecule has 3 heterocycles. The highest BCUT2D eigenvalue weighted by Crippen LogP contribution is 2.27. The monoisotopic (exact) mass is 457 g/mol. The first-order valence-electron chi connectivity index (χ1n) is 10.8. The Kier molecular flexibility index (Phi) is 7.12. The smallest absolute Gasteiger partial charge is 0.259 e. The second kappa shape index (κ2) is 10.0. The molecule has 9 heteroatoms. The molecule has 0 saturated heterocycles. The average molecular weight is 458 g/mol. The van der Waals surface area contributed by atoms with E-state index in [9.17, 15) is 9.59 Å². The summed E-state index contributed by atoms with van der Waals surface area (Å²) in [6, 6.07) is 13.2. The minimum absolute atomic E-state index is 0.0313. The third-order valence-electron chi connectivity index (χ3n) is 5.39. The number of aromatic nitrogens is 4. The molecule has 0 saturated carbocycles. The van der Waals surface area contributed by atoms with Gasteiger partial charge < -0.3 is 20.6 Å². The van der Waals surface area contributed by atoms with Gasteiger partial charge in [-0.25, -0.2) is 4.98 Å². The number of rotatable bonds is 3. The second-order valence-electron chi connectivity index (χ2n) is 8.03. The molecule has 0 spiro atoms. The average Bonchev–Trinajstić information content (AvgIpc) is 2.80. The van der Waals surface area contributed by atoms with Crippen LogP contribution in [-0.2, 0) is 13.5 Å². The van der Waals surface area contributed by atoms with Crippen molar-refractivity contribution in [1.82, 2.24) is 19.1 Å². The lowest BCUT2D eigenvalue weighted by molar-refractivity contribution is 0.557. The van der Waals surface area contributed by atoms with Crippen molar-refractivity contribution < 1.29 is 0 Å². The summed E-state index contributed by atoms with van der Waals surface area (Å²) in [6.45, 7) is 6.12. The molecule has 0 atom stereocenters. The van der Waals surface area contributed by atoms with Gasteiger partial charge in [-0.15, -0.1) is 0 Å². The van der Waals surface area contributed by atoms with E-state index in [0.717, 1.165) is 28.6 Å². The highest BCUT2D eigenvalue weighted by molar-refractivity contribution is 5.96. The Morgan fingerprint density at radius 3 is 2.47 bits per heavy atom. The van der Waals surface area contributed by atoms with Crippen LogP contribution in [0.5, 0.6) is 0 Å². The largest absolute Gasteiger partial charge is 0.382 e. The first-order valence-corrected chi connectivity index (χ1v) is 10.8. The van der Waals surface area contributed by atoms with Crippen molar-refractivity contribution in [2.45, 2.75) is 33.2 Å². The van der Waals surface area contributed by atoms with Gasteiger partial charge in [-0.1, -0.05) is 25.1 Å². The number of anilines is 2. The van der Waals surface area contributed by atoms with Crippen molar-refractivity contribution in [2.24, 2.45) is 7.05 Å². The third kappa shape index (κ3) is 4.81. The Hall–Kier alpha value is -4.45. The number of fused-ring (bicyclic) bond motifs is 1. The van der Waals surface area contributed by atoms with Gasteiger partial charge in [0, 0.05) is 31.0 Å². The van der Waals surface area contributed by atoms with Crippen LogP contribution in [0.15, 0.2) is 58.4 Å². The van der Waals surface area contributed by atoms with Gasteiger partial charge in [0.2, 0.25) is 11.5 Å². The molecule has 0 bridgehead atoms. The van der Waals surface area contributed by atoms with Gasteiger partial charge in [0.05, 0.1) is 11.6 Å². The zero-order chi connectivity index (χ0) is 25.0. The van der Waals surface area contributed by atoms with E-state index in [0.29, 0.717) is 5.39 Å². The fraction of sp³-hybridized carbons (Fsp3) is 0.240. The van der Waals surface area contributed by atoms with Crippen LogP contribution in [0.1, 0.15) is 38.1 Å². The number of hydrogen-bond donors (Lipinski definition) is 2. The van der Waals surface area contributed by atoms with E-state index in [1.165, 1.54) is 16.8 Å². The number of aryl methyl sites for hydroxylation is 2. The number of nitriles is 1. The number of nitrogens with zero attached hydrogens (tertiary/aromatic N) is 5. The molecule has 34 heavy (non-hydrogen) atoms. The van der Waals surface area contributed by atoms with E-state index in [4.69, 9.17) is 16.7 Å². The van der Waals surface area contributed by atoms with Crippen molar-refractivity contribution in [3.05, 3.63) is 80.8 Å². The Labute approximate surface area is 196 Å². The number of benzene rings is 1. The van der Waals surface area contributed by atoms with Crippen LogP contribution in [0.2, 0.25) is 0 Å². The van der Waals surface area contributed by atoms with Crippen molar-refractivity contribution in [1.29, 1.82) is 5.26 Å². The molecule has 4 aromatic rings. The summed E-state index contributed by atoms with van der Waals surface area (Å²) in [7, 11) is 1.72. The SMILES string of the molecule is CCc1cc2cccc(-c3ccc(=O)n(C)c3)c2c(=O)n1C(C)C.N#Cc1cnc(N)nc1N. The second-order valence-corrected chi connectivity index (χ2v) is 8.03. The molecule has 3 aromatic heterocycles. The van der Waals surface area contributed by atoms with Crippen molar-refractivity contribution in [3.8, 4) is 17.2 Å². The molecule has 9 nitrogen and oxygen atoms in total. The Balaban J connectivity index is 0.000000271. The van der Waals surface area contributed by atoms with Crippen LogP contribution < -0.4 is 22.6 Å². The minimum Gasteiger partial charge on any atom is -0.382 e. The molecule has 4 rings (SSSR count). The summed E-state index contributed by atoms with van der Waals surface area (Å²) in [6.07, 6.45) is 3.88. The number of nitrogens with two attached hydrogens (primary N) is 2. The Morgan fingerprint density at radius 2 is 1.88 bits per heavy atom. The summed E-state index contributed by atoms with van der Waals surface area (Å²) in [5.74, 6) is 0.200. The normalized spacial score (nSPS) is 10.6. The van der Waals surface area contributed by atoms with Crippen molar-refractivity contribution in [2.75, 3.05) is 11.5 Å². The Morgan fingerprint density at radius 1 is 1.15 bits per heavy atom. The summed E-state index contributed by atoms with van der Waals surface area (Å²) in [5, 5.41) is 10.0. The zero-order valence-electron chi connectivity index (χ0n) is 19.6. The summed E-state index contributed by atoms with van der Waals surface area (Å²) >= 11 is 0. The standard InChI is InChI=1S/C20H22N2O2.C5H5N5/c1-5-16-11-14-7-6-8-17(15-9-10-18(23)21(4)12-15)19(14)20(24)22(16)13(2)3;6-1-3-2-9-5(8)10-4(3)7/h6-13H,5H2,1-4H3;2H,(H4,7,8,9,10). The summed E-state index contributed by atoms with van der Waals surface area (Å²) in [4.78, 5) is 32.0. The maximum Gasteiger partial charge on any atom is 0.259 e. The molecule has 0 radical (unpaired) electrons. The van der Waals surface area contributed by atoms with Crippen LogP contribution >= 0.6 is 0 Å². The lowest BCUT2D eigenvalue weighted by Gasteiger charge is -2.18. The van der Waals surface area contributed by atoms with Crippen molar-refractivity contribution in [3.63, 3.8) is 0 Å². The summed E-state index contributed by atoms with van der Waals surface area (Å²) in [5.41, 5.74) is 13.4. The van der Waals surface area contributed by atoms with Gasteiger partial charge >= 0.3 is 0 Å². The molecular weight excluding hydrogens is 430 g/mol. The van der Waals surface area contributed by atoms with E-state index < -0.39 is 0 Å². The first-order chi connectivity index (χ1) is 16.2. The number of hydrogen-bond acceptors (Lipinski definition) is 7. The topological polar surface area (TPSA) is 146 Å². The first kappa shape index (κ1) is 24.2. The van der Waals surface area contributed by atoms with Crippen LogP contribution in [-0.4, -0.2) is 19.1 Å². The van der Waals surface area contributed by atoms with E-state index in [1.807, 2.05) is 42.7 Å². The molecule has 0 unspecified atom stereocenters. The molecular formula is C25H27N7O2. The predicted molar refractivity (Wildman–Crippen MR) is 134 cm³/mol. The molecule has 0 aliphatic heterocycles. The van der Waals surface area contributed by atoms with E-state index in [1.54, 1.807) is 19.3 Å². The molecule has 0 fully saturated rings. The highest BCUT2D eigenvalue weighted by atomic mass is 16.1. The molecule has 174 valence electrons. The molecule has 4 N–H and O–H groups in total. The zero-order valence-corrected chi connectivity index (χ0v) is 19.6. The lowest BCUT2D eigenvalue weighted by Crippen LogP contribution is -2.25. The number of nitrogen functional groups attached to an aromatic ring is 2. The maximum absolute atomic E-state index is 13.2. The van der Waals surface area contributed by atoms with Gasteiger partial charge in [-0.3, -0.25) is 9.59 Å². The lowest BCUT2D eigenvalue weighted by atomic mass is 9.99. The Bertz CT molecular complexity index is 1510. The van der Waals surface area contributed by atoms with Gasteiger partial charge in [-0.05, 0) is 48.9 Å². The minimum atomic E-state index is -0.0631. The van der Waals surface area contributed by atoms with E-state index >= 15 is 0 Å². The quantitative estimate of drug-likeness (QED) is 0.481. The van der Waals surface area contributed by atoms with Crippen LogP contribution in [0.25, 0.3) is 21.9 Å². The van der Waals surface area contributed by atoms with E-state index in [2.05, 4.69) is 23.0 Å². The summed E-state index contributed by atoms with van der Waals surface area (Å²) < 4.78 is 3.41. The van der Waals surface area contributed by atoms with Crippen LogP contribution in [0, 0.1) is 11.3 Å². The van der Waals surface area contributed by atoms with Crippen LogP contribution in [0.4, 0.5) is 11.8 Å². The molecule has 0 aliphatic rings. The predicted octanol–water partition coefficient (Wildman–Crippen LogP) is 3.02. The van der Waals surface area contributed by atoms with Gasteiger partial charge in [0.25, 0.3) is 5.56 Å². The fourth-order valence-corrected chi connectivity index (χ4v) is 3.76. The number of pyridine rings is 2. The molecule has 1 aromatic carbocycles. The molecule has 0 aliphatic carbocycles. The molecule has 0 amide bonds. The third-order valence-corrected chi connectivity index (χ3v) is 5.39. The highest BCUT2D eigenvalue weighted by Gasteiger charge is 2.14. The maximum atomic E-state index is 13.2. The van der Waals surface area contributed by atoms with Gasteiger partial charge in [0.15, 0.2) is 0 Å². The van der Waals surface area contributed by atoms with E-state index in [-0.39, 0.29) is 34.5 Å².